The highest BCUT2D eigenvalue weighted by Crippen LogP contribution is 2.38. The number of hydrogen-bond donors (Lipinski definition) is 1. The predicted octanol–water partition coefficient (Wildman–Crippen LogP) is 3.56. The number of rotatable bonds is 7. The number of piperazine rings is 1. The van der Waals surface area contributed by atoms with E-state index < -0.39 is 28.3 Å². The number of nitrogens with zero attached hydrogens (tertiary/aromatic N) is 7. The highest BCUT2D eigenvalue weighted by molar-refractivity contribution is 7.89. The van der Waals surface area contributed by atoms with Gasteiger partial charge in [-0.1, -0.05) is 25.2 Å². The van der Waals surface area contributed by atoms with Gasteiger partial charge in [0.15, 0.2) is 9.90 Å². The van der Waals surface area contributed by atoms with Crippen molar-refractivity contribution < 1.29 is 18.1 Å². The van der Waals surface area contributed by atoms with Crippen molar-refractivity contribution >= 4 is 45.2 Å². The fourth-order valence-electron chi connectivity index (χ4n) is 4.85. The van der Waals surface area contributed by atoms with E-state index in [1.54, 1.807) is 12.3 Å². The van der Waals surface area contributed by atoms with Gasteiger partial charge in [-0.2, -0.15) is 10.4 Å². The van der Waals surface area contributed by atoms with Crippen LogP contribution >= 0.6 is 11.3 Å². The van der Waals surface area contributed by atoms with Crippen LogP contribution in [-0.4, -0.2) is 66.0 Å². The Labute approximate surface area is 225 Å². The van der Waals surface area contributed by atoms with E-state index in [0.29, 0.717) is 36.3 Å². The second kappa shape index (κ2) is 10.0. The molecular weight excluding hydrogens is 534 g/mol. The van der Waals surface area contributed by atoms with Gasteiger partial charge in [0.1, 0.15) is 5.54 Å². The third kappa shape index (κ3) is 4.84. The van der Waals surface area contributed by atoms with Crippen LogP contribution in [0.3, 0.4) is 0 Å². The molecule has 202 valence electrons. The summed E-state index contributed by atoms with van der Waals surface area (Å²) in [6, 6.07) is 5.54. The van der Waals surface area contributed by atoms with Crippen molar-refractivity contribution in [2.45, 2.75) is 69.5 Å². The van der Waals surface area contributed by atoms with Crippen molar-refractivity contribution in [1.29, 1.82) is 5.26 Å². The molecular formula is C24H28F2N8O2S2. The summed E-state index contributed by atoms with van der Waals surface area (Å²) in [5.41, 5.74) is 0.486. The first-order valence-electron chi connectivity index (χ1n) is 12.3. The van der Waals surface area contributed by atoms with E-state index >= 15 is 0 Å². The number of fused-ring (bicyclic) bond motifs is 1. The quantitative estimate of drug-likeness (QED) is 0.433. The molecule has 5 rings (SSSR count). The molecule has 3 unspecified atom stereocenters. The highest BCUT2D eigenvalue weighted by atomic mass is 32.2. The number of carbonyl (C=O) groups excluding carboxylic acids is 1. The maximum Gasteiger partial charge on any atom is 0.291 e. The zero-order chi connectivity index (χ0) is 27.4. The standard InChI is InChI=1S/C24H28F2N8O2S2/c1-13(2)22(35)33-14(3)10-32(11-15(33)4)18-7-16(38(36)31-24(12-27)5-6-24)8-19-17(18)9-28-34(19)23-30-29-21(37-23)20(25)26/h7-9,13-15,20,31H,5-6,10-11H2,1-4H3. The normalized spacial score (nSPS) is 21.8. The molecule has 1 saturated carbocycles. The molecule has 3 atom stereocenters. The van der Waals surface area contributed by atoms with Crippen LogP contribution in [0.1, 0.15) is 52.0 Å². The van der Waals surface area contributed by atoms with Crippen molar-refractivity contribution in [3.05, 3.63) is 23.3 Å². The van der Waals surface area contributed by atoms with Crippen molar-refractivity contribution in [3.63, 3.8) is 0 Å². The van der Waals surface area contributed by atoms with Crippen LogP contribution in [0.15, 0.2) is 23.2 Å². The molecule has 0 radical (unpaired) electrons. The predicted molar refractivity (Wildman–Crippen MR) is 139 cm³/mol. The lowest BCUT2D eigenvalue weighted by molar-refractivity contribution is -0.139. The molecule has 1 aromatic carbocycles. The number of carbonyl (C=O) groups is 1. The molecule has 2 aromatic heterocycles. The van der Waals surface area contributed by atoms with Crippen LogP contribution in [0.2, 0.25) is 0 Å². The average molecular weight is 563 g/mol. The van der Waals surface area contributed by atoms with Crippen LogP contribution in [0.25, 0.3) is 16.0 Å². The zero-order valence-electron chi connectivity index (χ0n) is 21.4. The average Bonchev–Trinajstić information content (AvgIpc) is 3.25. The summed E-state index contributed by atoms with van der Waals surface area (Å²) >= 11 is -0.972. The number of aromatic nitrogens is 4. The maximum atomic E-state index is 13.4. The number of alkyl halides is 2. The van der Waals surface area contributed by atoms with Gasteiger partial charge in [0.2, 0.25) is 11.0 Å². The summed E-state index contributed by atoms with van der Waals surface area (Å²) in [5, 5.41) is 21.9. The molecule has 10 nitrogen and oxygen atoms in total. The summed E-state index contributed by atoms with van der Waals surface area (Å²) < 4.78 is 44.1. The van der Waals surface area contributed by atoms with Crippen molar-refractivity contribution in [1.82, 2.24) is 29.6 Å². The zero-order valence-corrected chi connectivity index (χ0v) is 23.0. The fraction of sp³-hybridized carbons (Fsp3) is 0.542. The number of amides is 1. The Morgan fingerprint density at radius 2 is 1.95 bits per heavy atom. The minimum absolute atomic E-state index is 0.0730. The first-order valence-corrected chi connectivity index (χ1v) is 14.3. The monoisotopic (exact) mass is 562 g/mol. The van der Waals surface area contributed by atoms with Crippen LogP contribution in [0.4, 0.5) is 14.5 Å². The van der Waals surface area contributed by atoms with Crippen LogP contribution in [0, 0.1) is 17.2 Å². The summed E-state index contributed by atoms with van der Waals surface area (Å²) in [7, 11) is 0. The van der Waals surface area contributed by atoms with Crippen LogP contribution in [0.5, 0.6) is 0 Å². The van der Waals surface area contributed by atoms with Gasteiger partial charge in [0.05, 0.1) is 34.8 Å². The summed E-state index contributed by atoms with van der Waals surface area (Å²) in [6.07, 6.45) is 0.112. The third-order valence-electron chi connectivity index (χ3n) is 6.91. The molecule has 3 aromatic rings. The number of halogens is 2. The van der Waals surface area contributed by atoms with Crippen molar-refractivity contribution in [2.75, 3.05) is 18.0 Å². The van der Waals surface area contributed by atoms with E-state index in [0.717, 1.165) is 22.4 Å². The Balaban J connectivity index is 1.57. The van der Waals surface area contributed by atoms with Crippen molar-refractivity contribution in [3.8, 4) is 11.2 Å². The van der Waals surface area contributed by atoms with E-state index in [4.69, 9.17) is 0 Å². The second-order valence-corrected chi connectivity index (χ2v) is 12.4. The number of anilines is 1. The minimum Gasteiger partial charge on any atom is -0.593 e. The van der Waals surface area contributed by atoms with Crippen LogP contribution in [-0.2, 0) is 16.2 Å². The van der Waals surface area contributed by atoms with Gasteiger partial charge in [-0.05, 0) is 26.7 Å². The third-order valence-corrected chi connectivity index (χ3v) is 9.06. The Morgan fingerprint density at radius 3 is 2.50 bits per heavy atom. The molecule has 1 N–H and O–H groups in total. The van der Waals surface area contributed by atoms with Crippen molar-refractivity contribution in [2.24, 2.45) is 5.92 Å². The van der Waals surface area contributed by atoms with E-state index in [1.165, 1.54) is 4.68 Å². The Morgan fingerprint density at radius 1 is 1.26 bits per heavy atom. The van der Waals surface area contributed by atoms with E-state index in [1.807, 2.05) is 38.7 Å². The molecule has 1 amide bonds. The van der Waals surface area contributed by atoms with Gasteiger partial charge >= 0.3 is 0 Å². The molecule has 3 heterocycles. The molecule has 1 saturated heterocycles. The van der Waals surface area contributed by atoms with Gasteiger partial charge in [0.25, 0.3) is 6.43 Å². The van der Waals surface area contributed by atoms with E-state index in [-0.39, 0.29) is 29.0 Å². The molecule has 1 aliphatic carbocycles. The summed E-state index contributed by atoms with van der Waals surface area (Å²) in [5.74, 6) is -0.0212. The number of nitriles is 1. The van der Waals surface area contributed by atoms with Gasteiger partial charge < -0.3 is 14.4 Å². The molecule has 2 fully saturated rings. The molecule has 1 aliphatic heterocycles. The Bertz CT molecular complexity index is 1390. The summed E-state index contributed by atoms with van der Waals surface area (Å²) in [6.45, 7) is 8.87. The van der Waals surface area contributed by atoms with E-state index in [9.17, 15) is 23.4 Å². The number of nitrogens with one attached hydrogen (secondary N) is 1. The maximum absolute atomic E-state index is 13.4. The molecule has 38 heavy (non-hydrogen) atoms. The van der Waals surface area contributed by atoms with Gasteiger partial charge in [-0.25, -0.2) is 13.5 Å². The second-order valence-electron chi connectivity index (χ2n) is 10.2. The van der Waals surface area contributed by atoms with E-state index in [2.05, 4.69) is 31.0 Å². The van der Waals surface area contributed by atoms with Gasteiger partial charge in [-0.3, -0.25) is 4.79 Å². The molecule has 2 aliphatic rings. The molecule has 0 bridgehead atoms. The van der Waals surface area contributed by atoms with Gasteiger partial charge in [-0.15, -0.1) is 14.9 Å². The minimum atomic E-state index is -2.75. The highest BCUT2D eigenvalue weighted by Gasteiger charge is 2.48. The van der Waals surface area contributed by atoms with Crippen LogP contribution < -0.4 is 9.62 Å². The lowest BCUT2D eigenvalue weighted by Crippen LogP contribution is -2.59. The SMILES string of the molecule is CC(C)C(=O)N1C(C)CN(c2cc([S+]([O-])NC3(C#N)CC3)cc3c2cnn3-c2nnc(C(F)F)s2)CC1C. The topological polar surface area (TPSA) is 126 Å². The molecule has 14 heteroatoms. The molecule has 0 spiro atoms. The largest absolute Gasteiger partial charge is 0.593 e. The number of hydrogen-bond acceptors (Lipinski definition) is 9. The first-order chi connectivity index (χ1) is 18.0. The van der Waals surface area contributed by atoms with Gasteiger partial charge in [0, 0.05) is 48.6 Å². The number of benzene rings is 1. The Hall–Kier alpha value is -2.86. The smallest absolute Gasteiger partial charge is 0.291 e. The summed E-state index contributed by atoms with van der Waals surface area (Å²) in [4.78, 5) is 17.3. The lowest BCUT2D eigenvalue weighted by atomic mass is 10.0. The lowest BCUT2D eigenvalue weighted by Gasteiger charge is -2.46. The first kappa shape index (κ1) is 26.7. The fourth-order valence-corrected chi connectivity index (χ4v) is 6.69. The Kier molecular flexibility index (Phi) is 7.06.